The molecule has 26 heavy (non-hydrogen) atoms. The zero-order valence-corrected chi connectivity index (χ0v) is 15.7. The average molecular weight is 371 g/mol. The van der Waals surface area contributed by atoms with Crippen molar-refractivity contribution in [3.8, 4) is 0 Å². The van der Waals surface area contributed by atoms with Crippen LogP contribution in [0.2, 0.25) is 0 Å². The molecule has 6 nitrogen and oxygen atoms in total. The van der Waals surface area contributed by atoms with Crippen molar-refractivity contribution in [2.24, 2.45) is 0 Å². The molecule has 0 aliphatic carbocycles. The summed E-state index contributed by atoms with van der Waals surface area (Å²) >= 11 is 1.66. The monoisotopic (exact) mass is 371 g/mol. The average Bonchev–Trinajstić information content (AvgIpc) is 3.08. The SMILES string of the molecule is Cc1cc(=O)oc2cc(NC(=O)NC[C@@H](c3cccs3)N(C)C)ccc12. The third-order valence-corrected chi connectivity index (χ3v) is 5.13. The molecule has 0 aliphatic rings. The van der Waals surface area contributed by atoms with Crippen LogP contribution in [-0.2, 0) is 0 Å². The summed E-state index contributed by atoms with van der Waals surface area (Å²) < 4.78 is 5.21. The van der Waals surface area contributed by atoms with E-state index in [-0.39, 0.29) is 12.1 Å². The summed E-state index contributed by atoms with van der Waals surface area (Å²) in [5.74, 6) is 0. The summed E-state index contributed by atoms with van der Waals surface area (Å²) in [6.45, 7) is 2.34. The highest BCUT2D eigenvalue weighted by molar-refractivity contribution is 7.10. The van der Waals surface area contributed by atoms with E-state index in [0.717, 1.165) is 10.9 Å². The van der Waals surface area contributed by atoms with Gasteiger partial charge in [0.2, 0.25) is 0 Å². The van der Waals surface area contributed by atoms with Gasteiger partial charge in [-0.1, -0.05) is 6.07 Å². The van der Waals surface area contributed by atoms with Crippen LogP contribution < -0.4 is 16.3 Å². The van der Waals surface area contributed by atoms with Crippen LogP contribution in [0, 0.1) is 6.92 Å². The minimum absolute atomic E-state index is 0.109. The van der Waals surface area contributed by atoms with Crippen LogP contribution in [0.1, 0.15) is 16.5 Å². The Bertz CT molecular complexity index is 964. The van der Waals surface area contributed by atoms with Crippen LogP contribution in [0.25, 0.3) is 11.0 Å². The van der Waals surface area contributed by atoms with Crippen molar-refractivity contribution < 1.29 is 9.21 Å². The molecule has 2 N–H and O–H groups in total. The molecule has 0 saturated carbocycles. The van der Waals surface area contributed by atoms with Gasteiger partial charge in [0.25, 0.3) is 0 Å². The first kappa shape index (κ1) is 18.2. The standard InChI is InChI=1S/C19H21N3O3S/c1-12-9-18(23)25-16-10-13(6-7-14(12)16)21-19(24)20-11-15(22(2)3)17-5-4-8-26-17/h4-10,15H,11H2,1-3H3,(H2,20,21,24)/t15-/m0/s1. The second-order valence-electron chi connectivity index (χ2n) is 6.29. The molecule has 2 amide bonds. The van der Waals surface area contributed by atoms with Gasteiger partial charge in [-0.3, -0.25) is 0 Å². The van der Waals surface area contributed by atoms with Gasteiger partial charge in [-0.05, 0) is 50.2 Å². The molecular weight excluding hydrogens is 350 g/mol. The topological polar surface area (TPSA) is 74.6 Å². The Labute approximate surface area is 155 Å². The predicted octanol–water partition coefficient (Wildman–Crippen LogP) is 3.59. The van der Waals surface area contributed by atoms with Gasteiger partial charge in [-0.2, -0.15) is 0 Å². The van der Waals surface area contributed by atoms with Crippen LogP contribution in [0.5, 0.6) is 0 Å². The first-order valence-electron chi connectivity index (χ1n) is 8.23. The highest BCUT2D eigenvalue weighted by Gasteiger charge is 2.16. The summed E-state index contributed by atoms with van der Waals surface area (Å²) in [5.41, 5.74) is 1.47. The van der Waals surface area contributed by atoms with E-state index in [0.29, 0.717) is 17.8 Å². The molecule has 136 valence electrons. The summed E-state index contributed by atoms with van der Waals surface area (Å²) in [6, 6.07) is 10.6. The van der Waals surface area contributed by atoms with Crippen molar-refractivity contribution in [1.82, 2.24) is 10.2 Å². The van der Waals surface area contributed by atoms with E-state index in [1.165, 1.54) is 10.9 Å². The molecule has 3 rings (SSSR count). The number of fused-ring (bicyclic) bond motifs is 1. The molecule has 1 aromatic carbocycles. The van der Waals surface area contributed by atoms with Crippen LogP contribution in [0.3, 0.4) is 0 Å². The number of nitrogens with zero attached hydrogens (tertiary/aromatic N) is 1. The smallest absolute Gasteiger partial charge is 0.336 e. The van der Waals surface area contributed by atoms with Gasteiger partial charge in [0.1, 0.15) is 5.58 Å². The number of nitrogens with one attached hydrogen (secondary N) is 2. The lowest BCUT2D eigenvalue weighted by atomic mass is 10.1. The summed E-state index contributed by atoms with van der Waals surface area (Å²) in [4.78, 5) is 27.0. The fourth-order valence-corrected chi connectivity index (χ4v) is 3.71. The lowest BCUT2D eigenvalue weighted by Crippen LogP contribution is -2.36. The Balaban J connectivity index is 1.68. The van der Waals surface area contributed by atoms with Crippen molar-refractivity contribution in [3.63, 3.8) is 0 Å². The van der Waals surface area contributed by atoms with Gasteiger partial charge >= 0.3 is 11.7 Å². The number of hydrogen-bond donors (Lipinski definition) is 2. The number of likely N-dealkylation sites (N-methyl/N-ethyl adjacent to an activating group) is 1. The lowest BCUT2D eigenvalue weighted by molar-refractivity contribution is 0.244. The molecule has 0 bridgehead atoms. The Kier molecular flexibility index (Phi) is 5.39. The van der Waals surface area contributed by atoms with E-state index in [4.69, 9.17) is 4.42 Å². The third-order valence-electron chi connectivity index (χ3n) is 4.16. The zero-order valence-electron chi connectivity index (χ0n) is 14.9. The Hall–Kier alpha value is -2.64. The van der Waals surface area contributed by atoms with E-state index in [9.17, 15) is 9.59 Å². The van der Waals surface area contributed by atoms with Crippen molar-refractivity contribution in [2.45, 2.75) is 13.0 Å². The highest BCUT2D eigenvalue weighted by atomic mass is 32.1. The van der Waals surface area contributed by atoms with Crippen LogP contribution in [-0.4, -0.2) is 31.6 Å². The second kappa shape index (κ2) is 7.72. The maximum atomic E-state index is 12.2. The normalized spacial score (nSPS) is 12.3. The minimum atomic E-state index is -0.402. The Morgan fingerprint density at radius 1 is 1.27 bits per heavy atom. The van der Waals surface area contributed by atoms with E-state index in [1.54, 1.807) is 23.5 Å². The number of carbonyl (C=O) groups is 1. The summed E-state index contributed by atoms with van der Waals surface area (Å²) in [6.07, 6.45) is 0. The number of amides is 2. The number of hydrogen-bond acceptors (Lipinski definition) is 5. The van der Waals surface area contributed by atoms with Crippen molar-refractivity contribution in [3.05, 3.63) is 62.6 Å². The van der Waals surface area contributed by atoms with E-state index in [2.05, 4.69) is 21.6 Å². The molecule has 0 unspecified atom stereocenters. The number of urea groups is 1. The van der Waals surface area contributed by atoms with Gasteiger partial charge < -0.3 is 20.0 Å². The van der Waals surface area contributed by atoms with E-state index < -0.39 is 5.63 Å². The van der Waals surface area contributed by atoms with Gasteiger partial charge in [0.05, 0.1) is 6.04 Å². The number of anilines is 1. The molecule has 2 aromatic heterocycles. The quantitative estimate of drug-likeness (QED) is 0.672. The van der Waals surface area contributed by atoms with Gasteiger partial charge in [-0.15, -0.1) is 11.3 Å². The molecule has 2 heterocycles. The maximum absolute atomic E-state index is 12.2. The van der Waals surface area contributed by atoms with Gasteiger partial charge in [-0.25, -0.2) is 9.59 Å². The van der Waals surface area contributed by atoms with Crippen LogP contribution in [0.15, 0.2) is 51.0 Å². The predicted molar refractivity (Wildman–Crippen MR) is 105 cm³/mol. The first-order chi connectivity index (χ1) is 12.4. The minimum Gasteiger partial charge on any atom is -0.423 e. The molecule has 3 aromatic rings. The first-order valence-corrected chi connectivity index (χ1v) is 9.11. The Morgan fingerprint density at radius 2 is 2.08 bits per heavy atom. The van der Waals surface area contributed by atoms with E-state index in [1.807, 2.05) is 38.5 Å². The third kappa shape index (κ3) is 4.12. The number of benzene rings is 1. The van der Waals surface area contributed by atoms with Gasteiger partial charge in [0, 0.05) is 34.6 Å². The molecule has 0 spiro atoms. The van der Waals surface area contributed by atoms with Crippen molar-refractivity contribution in [2.75, 3.05) is 26.0 Å². The Morgan fingerprint density at radius 3 is 2.77 bits per heavy atom. The molecule has 7 heteroatoms. The summed E-state index contributed by atoms with van der Waals surface area (Å²) in [7, 11) is 3.97. The number of rotatable bonds is 5. The molecule has 1 atom stereocenters. The largest absolute Gasteiger partial charge is 0.423 e. The fourth-order valence-electron chi connectivity index (χ4n) is 2.79. The maximum Gasteiger partial charge on any atom is 0.336 e. The van der Waals surface area contributed by atoms with Gasteiger partial charge in [0.15, 0.2) is 0 Å². The van der Waals surface area contributed by atoms with Crippen LogP contribution >= 0.6 is 11.3 Å². The molecule has 0 saturated heterocycles. The lowest BCUT2D eigenvalue weighted by Gasteiger charge is -2.23. The zero-order chi connectivity index (χ0) is 18.7. The van der Waals surface area contributed by atoms with Crippen molar-refractivity contribution >= 4 is 34.0 Å². The number of thiophene rings is 1. The molecule has 0 fully saturated rings. The highest BCUT2D eigenvalue weighted by Crippen LogP contribution is 2.23. The molecule has 0 radical (unpaired) electrons. The molecular formula is C19H21N3O3S. The molecule has 0 aliphatic heterocycles. The van der Waals surface area contributed by atoms with Crippen molar-refractivity contribution in [1.29, 1.82) is 0 Å². The number of carbonyl (C=O) groups excluding carboxylic acids is 1. The summed E-state index contributed by atoms with van der Waals surface area (Å²) in [5, 5.41) is 8.55. The van der Waals surface area contributed by atoms with E-state index >= 15 is 0 Å². The number of aryl methyl sites for hydroxylation is 1. The fraction of sp³-hybridized carbons (Fsp3) is 0.263. The van der Waals surface area contributed by atoms with Crippen LogP contribution in [0.4, 0.5) is 10.5 Å². The second-order valence-corrected chi connectivity index (χ2v) is 7.27.